The Morgan fingerprint density at radius 3 is 2.60 bits per heavy atom. The van der Waals surface area contributed by atoms with Crippen molar-refractivity contribution in [3.05, 3.63) is 65.0 Å². The monoisotopic (exact) mass is 409 g/mol. The quantitative estimate of drug-likeness (QED) is 0.430. The van der Waals surface area contributed by atoms with Gasteiger partial charge in [0.25, 0.3) is 11.7 Å². The number of aliphatic hydroxyl groups excluding tert-OH is 1. The molecule has 0 aliphatic carbocycles. The first-order valence-electron chi connectivity index (χ1n) is 9.84. The largest absolute Gasteiger partial charge is 0.507 e. The number of Topliss-reactive ketones (excluding diaryl/α,β-unsaturated/α-hetero) is 1. The van der Waals surface area contributed by atoms with Gasteiger partial charge in [0.2, 0.25) is 0 Å². The minimum atomic E-state index is -0.726. The minimum Gasteiger partial charge on any atom is -0.507 e. The van der Waals surface area contributed by atoms with Gasteiger partial charge >= 0.3 is 0 Å². The summed E-state index contributed by atoms with van der Waals surface area (Å²) in [4.78, 5) is 33.7. The van der Waals surface area contributed by atoms with Crippen molar-refractivity contribution in [2.45, 2.75) is 19.4 Å². The molecular formula is C23H27N3O4. The van der Waals surface area contributed by atoms with E-state index < -0.39 is 17.7 Å². The fourth-order valence-corrected chi connectivity index (χ4v) is 3.69. The van der Waals surface area contributed by atoms with Crippen LogP contribution in [-0.2, 0) is 9.59 Å². The maximum absolute atomic E-state index is 12.9. The Hall–Kier alpha value is -3.19. The van der Waals surface area contributed by atoms with Gasteiger partial charge in [-0.15, -0.1) is 0 Å². The minimum absolute atomic E-state index is 0.0631. The Morgan fingerprint density at radius 1 is 1.23 bits per heavy atom. The Balaban J connectivity index is 2.08. The number of methoxy groups -OCH3 is 1. The van der Waals surface area contributed by atoms with Gasteiger partial charge in [-0.2, -0.15) is 0 Å². The number of aryl methyl sites for hydroxylation is 1. The highest BCUT2D eigenvalue weighted by molar-refractivity contribution is 6.46. The van der Waals surface area contributed by atoms with Crippen molar-refractivity contribution in [2.75, 3.05) is 34.3 Å². The molecule has 7 heteroatoms. The van der Waals surface area contributed by atoms with Crippen LogP contribution in [0.25, 0.3) is 5.76 Å². The third kappa shape index (κ3) is 4.21. The van der Waals surface area contributed by atoms with Crippen molar-refractivity contribution in [1.29, 1.82) is 0 Å². The second-order valence-electron chi connectivity index (χ2n) is 7.59. The van der Waals surface area contributed by atoms with Crippen LogP contribution in [-0.4, -0.2) is 65.9 Å². The molecule has 1 fully saturated rings. The number of carbonyl (C=O) groups is 2. The van der Waals surface area contributed by atoms with Crippen LogP contribution in [0.2, 0.25) is 0 Å². The summed E-state index contributed by atoms with van der Waals surface area (Å²) in [6.45, 7) is 3.02. The van der Waals surface area contributed by atoms with E-state index in [0.717, 1.165) is 12.1 Å². The van der Waals surface area contributed by atoms with Crippen molar-refractivity contribution >= 4 is 17.4 Å². The molecule has 2 heterocycles. The normalized spacial score (nSPS) is 18.3. The zero-order valence-corrected chi connectivity index (χ0v) is 17.8. The van der Waals surface area contributed by atoms with E-state index in [9.17, 15) is 14.7 Å². The smallest absolute Gasteiger partial charge is 0.295 e. The molecule has 0 saturated carbocycles. The molecule has 1 N–H and O–H groups in total. The first kappa shape index (κ1) is 21.5. The number of ketones is 1. The standard InChI is InChI=1S/C23H27N3O4/c1-15-14-16(9-10-18(15)30-4)21(27)19-20(17-8-5-6-11-24-17)26(23(29)22(19)28)13-7-12-25(2)3/h5-6,8-11,14,20,27H,7,12-13H2,1-4H3/b21-19-. The van der Waals surface area contributed by atoms with E-state index >= 15 is 0 Å². The van der Waals surface area contributed by atoms with E-state index in [0.29, 0.717) is 30.0 Å². The van der Waals surface area contributed by atoms with Crippen LogP contribution in [0.4, 0.5) is 0 Å². The van der Waals surface area contributed by atoms with Crippen molar-refractivity contribution in [2.24, 2.45) is 0 Å². The molecule has 1 aliphatic heterocycles. The SMILES string of the molecule is COc1ccc(/C(O)=C2/C(=O)C(=O)N(CCCN(C)C)C2c2ccccn2)cc1C. The molecule has 0 radical (unpaired) electrons. The summed E-state index contributed by atoms with van der Waals surface area (Å²) in [5, 5.41) is 11.1. The van der Waals surface area contributed by atoms with Gasteiger partial charge in [-0.1, -0.05) is 6.07 Å². The third-order valence-electron chi connectivity index (χ3n) is 5.18. The number of nitrogens with zero attached hydrogens (tertiary/aromatic N) is 3. The Bertz CT molecular complexity index is 970. The molecule has 2 aromatic rings. The maximum Gasteiger partial charge on any atom is 0.295 e. The predicted molar refractivity (Wildman–Crippen MR) is 114 cm³/mol. The van der Waals surface area contributed by atoms with E-state index in [2.05, 4.69) is 4.98 Å². The highest BCUT2D eigenvalue weighted by atomic mass is 16.5. The first-order chi connectivity index (χ1) is 14.3. The maximum atomic E-state index is 12.9. The average molecular weight is 409 g/mol. The van der Waals surface area contributed by atoms with E-state index in [4.69, 9.17) is 4.74 Å². The second kappa shape index (κ2) is 9.09. The number of hydrogen-bond acceptors (Lipinski definition) is 6. The summed E-state index contributed by atoms with van der Waals surface area (Å²) in [6, 6.07) is 9.76. The zero-order chi connectivity index (χ0) is 21.8. The third-order valence-corrected chi connectivity index (χ3v) is 5.18. The molecule has 1 unspecified atom stereocenters. The fraction of sp³-hybridized carbons (Fsp3) is 0.348. The summed E-state index contributed by atoms with van der Waals surface area (Å²) in [5.74, 6) is -0.834. The van der Waals surface area contributed by atoms with Crippen molar-refractivity contribution in [1.82, 2.24) is 14.8 Å². The van der Waals surface area contributed by atoms with Gasteiger partial charge in [-0.3, -0.25) is 14.6 Å². The lowest BCUT2D eigenvalue weighted by atomic mass is 9.97. The Morgan fingerprint density at radius 2 is 2.00 bits per heavy atom. The molecule has 30 heavy (non-hydrogen) atoms. The van der Waals surface area contributed by atoms with Crippen LogP contribution in [0.1, 0.15) is 29.3 Å². The van der Waals surface area contributed by atoms with E-state index in [1.807, 2.05) is 25.9 Å². The number of aliphatic hydroxyl groups is 1. The van der Waals surface area contributed by atoms with Gasteiger partial charge < -0.3 is 19.6 Å². The van der Waals surface area contributed by atoms with Crippen LogP contribution in [0.3, 0.4) is 0 Å². The summed E-state index contributed by atoms with van der Waals surface area (Å²) in [7, 11) is 5.48. The molecule has 3 rings (SSSR count). The number of likely N-dealkylation sites (tertiary alicyclic amines) is 1. The number of benzene rings is 1. The molecule has 7 nitrogen and oxygen atoms in total. The molecule has 1 saturated heterocycles. The zero-order valence-electron chi connectivity index (χ0n) is 17.8. The van der Waals surface area contributed by atoms with Crippen LogP contribution >= 0.6 is 0 Å². The lowest BCUT2D eigenvalue weighted by Gasteiger charge is -2.25. The number of rotatable bonds is 7. The topological polar surface area (TPSA) is 83.0 Å². The Kier molecular flexibility index (Phi) is 6.52. The summed E-state index contributed by atoms with van der Waals surface area (Å²) < 4.78 is 5.27. The molecule has 0 bridgehead atoms. The fourth-order valence-electron chi connectivity index (χ4n) is 3.69. The molecule has 1 atom stereocenters. The molecule has 1 amide bonds. The lowest BCUT2D eigenvalue weighted by Crippen LogP contribution is -2.32. The highest BCUT2D eigenvalue weighted by Crippen LogP contribution is 2.39. The van der Waals surface area contributed by atoms with E-state index in [-0.39, 0.29) is 11.3 Å². The molecule has 1 aliphatic rings. The van der Waals surface area contributed by atoms with Gasteiger partial charge in [-0.25, -0.2) is 0 Å². The summed E-state index contributed by atoms with van der Waals surface area (Å²) >= 11 is 0. The number of amides is 1. The average Bonchev–Trinajstić information content (AvgIpc) is 2.98. The van der Waals surface area contributed by atoms with E-state index in [1.54, 1.807) is 49.7 Å². The van der Waals surface area contributed by atoms with Crippen LogP contribution < -0.4 is 4.74 Å². The van der Waals surface area contributed by atoms with Crippen molar-refractivity contribution < 1.29 is 19.4 Å². The van der Waals surface area contributed by atoms with Gasteiger partial charge in [-0.05, 0) is 69.9 Å². The highest BCUT2D eigenvalue weighted by Gasteiger charge is 2.46. The van der Waals surface area contributed by atoms with Gasteiger partial charge in [0.05, 0.1) is 18.4 Å². The molecule has 158 valence electrons. The van der Waals surface area contributed by atoms with Gasteiger partial charge in [0.1, 0.15) is 17.6 Å². The predicted octanol–water partition coefficient (Wildman–Crippen LogP) is 2.77. The molecule has 0 spiro atoms. The van der Waals surface area contributed by atoms with Crippen LogP contribution in [0, 0.1) is 6.92 Å². The first-order valence-corrected chi connectivity index (χ1v) is 9.84. The Labute approximate surface area is 176 Å². The number of pyridine rings is 1. The molecular weight excluding hydrogens is 382 g/mol. The van der Waals surface area contributed by atoms with Crippen LogP contribution in [0.5, 0.6) is 5.75 Å². The molecule has 1 aromatic heterocycles. The lowest BCUT2D eigenvalue weighted by molar-refractivity contribution is -0.140. The summed E-state index contributed by atoms with van der Waals surface area (Å²) in [5.41, 5.74) is 1.89. The van der Waals surface area contributed by atoms with Gasteiger partial charge in [0.15, 0.2) is 0 Å². The number of aromatic nitrogens is 1. The van der Waals surface area contributed by atoms with Crippen LogP contribution in [0.15, 0.2) is 48.2 Å². The summed E-state index contributed by atoms with van der Waals surface area (Å²) in [6.07, 6.45) is 2.32. The molecule has 1 aromatic carbocycles. The van der Waals surface area contributed by atoms with Gasteiger partial charge in [0, 0.05) is 18.3 Å². The van der Waals surface area contributed by atoms with E-state index in [1.165, 1.54) is 4.90 Å². The second-order valence-corrected chi connectivity index (χ2v) is 7.59. The number of hydrogen-bond donors (Lipinski definition) is 1. The van der Waals surface area contributed by atoms with Crippen molar-refractivity contribution in [3.8, 4) is 5.75 Å². The number of ether oxygens (including phenoxy) is 1. The number of carbonyl (C=O) groups excluding carboxylic acids is 2. The van der Waals surface area contributed by atoms with Crippen molar-refractivity contribution in [3.63, 3.8) is 0 Å².